The van der Waals surface area contributed by atoms with Crippen LogP contribution in [0.1, 0.15) is 23.3 Å². The summed E-state index contributed by atoms with van der Waals surface area (Å²) in [7, 11) is 1.68. The zero-order valence-electron chi connectivity index (χ0n) is 12.6. The summed E-state index contributed by atoms with van der Waals surface area (Å²) in [5.41, 5.74) is 1.67. The highest BCUT2D eigenvalue weighted by atomic mass is 16.5. The second-order valence-corrected chi connectivity index (χ2v) is 5.67. The van der Waals surface area contributed by atoms with E-state index >= 15 is 0 Å². The largest absolute Gasteiger partial charge is 0.383 e. The normalized spacial score (nSPS) is 21.1. The maximum absolute atomic E-state index is 12.3. The number of hydrogen-bond acceptors (Lipinski definition) is 5. The number of carbonyl (C=O) groups is 1. The molecule has 1 aliphatic rings. The smallest absolute Gasteiger partial charge is 0.271 e. The van der Waals surface area contributed by atoms with Crippen molar-refractivity contribution in [3.8, 4) is 0 Å². The molecule has 0 radical (unpaired) electrons. The predicted octanol–water partition coefficient (Wildman–Crippen LogP) is 1.13. The van der Waals surface area contributed by atoms with Crippen LogP contribution in [0.25, 0.3) is 11.0 Å². The van der Waals surface area contributed by atoms with Crippen LogP contribution in [-0.2, 0) is 4.74 Å². The van der Waals surface area contributed by atoms with Crippen LogP contribution in [0.5, 0.6) is 0 Å². The molecule has 1 unspecified atom stereocenters. The van der Waals surface area contributed by atoms with Crippen LogP contribution >= 0.6 is 0 Å². The molecular weight excluding hydrogens is 280 g/mol. The van der Waals surface area contributed by atoms with Crippen molar-refractivity contribution in [2.75, 3.05) is 26.8 Å². The van der Waals surface area contributed by atoms with Gasteiger partial charge in [0.05, 0.1) is 29.4 Å². The molecule has 0 saturated carbocycles. The highest BCUT2D eigenvalue weighted by Gasteiger charge is 2.33. The molecule has 0 aliphatic carbocycles. The second kappa shape index (κ2) is 6.37. The molecule has 1 saturated heterocycles. The Morgan fingerprint density at radius 2 is 2.23 bits per heavy atom. The van der Waals surface area contributed by atoms with E-state index in [1.807, 2.05) is 24.3 Å². The van der Waals surface area contributed by atoms with Crippen molar-refractivity contribution in [2.45, 2.75) is 18.4 Å². The third-order valence-electron chi connectivity index (χ3n) is 4.02. The summed E-state index contributed by atoms with van der Waals surface area (Å²) in [4.78, 5) is 20.9. The first-order valence-corrected chi connectivity index (χ1v) is 7.46. The molecule has 1 atom stereocenters. The van der Waals surface area contributed by atoms with Crippen molar-refractivity contribution in [3.05, 3.63) is 36.2 Å². The number of rotatable bonds is 5. The van der Waals surface area contributed by atoms with Crippen molar-refractivity contribution in [2.24, 2.45) is 0 Å². The third-order valence-corrected chi connectivity index (χ3v) is 4.02. The minimum atomic E-state index is -0.206. The average molecular weight is 300 g/mol. The van der Waals surface area contributed by atoms with Crippen LogP contribution in [0.15, 0.2) is 30.5 Å². The summed E-state index contributed by atoms with van der Waals surface area (Å²) in [6.45, 7) is 2.06. The maximum Gasteiger partial charge on any atom is 0.271 e. The van der Waals surface area contributed by atoms with E-state index in [0.29, 0.717) is 18.8 Å². The number of nitrogens with one attached hydrogen (secondary N) is 2. The fraction of sp³-hybridized carbons (Fsp3) is 0.438. The molecule has 116 valence electrons. The molecule has 2 aromatic rings. The standard InChI is InChI=1S/C16H20N4O2/c1-22-11-16(7-4-8-19-16)10-18-15(21)14-9-17-12-5-2-3-6-13(12)20-14/h2-3,5-6,9,19H,4,7-8,10-11H2,1H3,(H,18,21). The van der Waals surface area contributed by atoms with Gasteiger partial charge in [-0.05, 0) is 31.5 Å². The molecule has 1 aliphatic heterocycles. The van der Waals surface area contributed by atoms with Crippen LogP contribution in [0.3, 0.4) is 0 Å². The average Bonchev–Trinajstić information content (AvgIpc) is 3.01. The summed E-state index contributed by atoms with van der Waals surface area (Å²) in [5, 5.41) is 6.38. The molecule has 1 aromatic carbocycles. The van der Waals surface area contributed by atoms with Gasteiger partial charge in [-0.1, -0.05) is 12.1 Å². The molecular formula is C16H20N4O2. The Hall–Kier alpha value is -2.05. The lowest BCUT2D eigenvalue weighted by Gasteiger charge is -2.28. The number of nitrogens with zero attached hydrogens (tertiary/aromatic N) is 2. The Balaban J connectivity index is 1.70. The number of fused-ring (bicyclic) bond motifs is 1. The Kier molecular flexibility index (Phi) is 4.31. The summed E-state index contributed by atoms with van der Waals surface area (Å²) in [6, 6.07) is 7.51. The lowest BCUT2D eigenvalue weighted by molar-refractivity contribution is 0.0887. The van der Waals surface area contributed by atoms with E-state index in [1.165, 1.54) is 6.20 Å². The van der Waals surface area contributed by atoms with Crippen molar-refractivity contribution in [1.29, 1.82) is 0 Å². The maximum atomic E-state index is 12.3. The van der Waals surface area contributed by atoms with Crippen molar-refractivity contribution in [1.82, 2.24) is 20.6 Å². The van der Waals surface area contributed by atoms with Crippen LogP contribution in [0, 0.1) is 0 Å². The lowest BCUT2D eigenvalue weighted by Crippen LogP contribution is -2.53. The van der Waals surface area contributed by atoms with Gasteiger partial charge in [0.1, 0.15) is 5.69 Å². The van der Waals surface area contributed by atoms with E-state index in [9.17, 15) is 4.79 Å². The highest BCUT2D eigenvalue weighted by Crippen LogP contribution is 2.19. The summed E-state index contributed by atoms with van der Waals surface area (Å²) >= 11 is 0. The van der Waals surface area contributed by atoms with E-state index < -0.39 is 0 Å². The third kappa shape index (κ3) is 3.08. The van der Waals surface area contributed by atoms with Gasteiger partial charge < -0.3 is 15.4 Å². The molecule has 0 bridgehead atoms. The van der Waals surface area contributed by atoms with Gasteiger partial charge in [-0.3, -0.25) is 9.78 Å². The molecule has 3 rings (SSSR count). The molecule has 22 heavy (non-hydrogen) atoms. The lowest BCUT2D eigenvalue weighted by atomic mass is 9.98. The molecule has 2 heterocycles. The summed E-state index contributed by atoms with van der Waals surface area (Å²) in [5.74, 6) is -0.206. The quantitative estimate of drug-likeness (QED) is 0.865. The molecule has 1 aromatic heterocycles. The Bertz CT molecular complexity index is 668. The number of aromatic nitrogens is 2. The Morgan fingerprint density at radius 3 is 2.95 bits per heavy atom. The zero-order valence-corrected chi connectivity index (χ0v) is 12.6. The number of carbonyl (C=O) groups excluding carboxylic acids is 1. The van der Waals surface area contributed by atoms with E-state index in [0.717, 1.165) is 30.4 Å². The van der Waals surface area contributed by atoms with Crippen LogP contribution in [0.2, 0.25) is 0 Å². The minimum absolute atomic E-state index is 0.172. The van der Waals surface area contributed by atoms with Crippen LogP contribution < -0.4 is 10.6 Å². The first-order chi connectivity index (χ1) is 10.7. The second-order valence-electron chi connectivity index (χ2n) is 5.67. The molecule has 6 nitrogen and oxygen atoms in total. The van der Waals surface area contributed by atoms with Gasteiger partial charge in [0.15, 0.2) is 0 Å². The van der Waals surface area contributed by atoms with E-state index in [-0.39, 0.29) is 11.4 Å². The number of methoxy groups -OCH3 is 1. The number of amides is 1. The topological polar surface area (TPSA) is 76.1 Å². The molecule has 2 N–H and O–H groups in total. The first-order valence-electron chi connectivity index (χ1n) is 7.46. The molecule has 0 spiro atoms. The molecule has 1 fully saturated rings. The van der Waals surface area contributed by atoms with Gasteiger partial charge in [0.25, 0.3) is 5.91 Å². The van der Waals surface area contributed by atoms with Gasteiger partial charge in [-0.2, -0.15) is 0 Å². The Labute approximate surface area is 129 Å². The Morgan fingerprint density at radius 1 is 1.41 bits per heavy atom. The summed E-state index contributed by atoms with van der Waals surface area (Å²) in [6.07, 6.45) is 3.60. The molecule has 6 heteroatoms. The van der Waals surface area contributed by atoms with E-state index in [4.69, 9.17) is 4.74 Å². The zero-order chi connectivity index (χ0) is 15.4. The SMILES string of the molecule is COCC1(CNC(=O)c2cnc3ccccc3n2)CCCN1. The van der Waals surface area contributed by atoms with E-state index in [2.05, 4.69) is 20.6 Å². The first kappa shape index (κ1) is 14.9. The van der Waals surface area contributed by atoms with Crippen molar-refractivity contribution < 1.29 is 9.53 Å². The van der Waals surface area contributed by atoms with Crippen LogP contribution in [-0.4, -0.2) is 48.2 Å². The van der Waals surface area contributed by atoms with Crippen LogP contribution in [0.4, 0.5) is 0 Å². The van der Waals surface area contributed by atoms with Gasteiger partial charge in [-0.25, -0.2) is 4.98 Å². The minimum Gasteiger partial charge on any atom is -0.383 e. The number of ether oxygens (including phenoxy) is 1. The van der Waals surface area contributed by atoms with Gasteiger partial charge in [0, 0.05) is 13.7 Å². The molecule has 1 amide bonds. The highest BCUT2D eigenvalue weighted by molar-refractivity contribution is 5.93. The predicted molar refractivity (Wildman–Crippen MR) is 83.7 cm³/mol. The van der Waals surface area contributed by atoms with Gasteiger partial charge in [0.2, 0.25) is 0 Å². The van der Waals surface area contributed by atoms with Crippen molar-refractivity contribution >= 4 is 16.9 Å². The van der Waals surface area contributed by atoms with E-state index in [1.54, 1.807) is 7.11 Å². The summed E-state index contributed by atoms with van der Waals surface area (Å²) < 4.78 is 5.28. The number of hydrogen-bond donors (Lipinski definition) is 2. The van der Waals surface area contributed by atoms with Crippen molar-refractivity contribution in [3.63, 3.8) is 0 Å². The number of para-hydroxylation sites is 2. The fourth-order valence-corrected chi connectivity index (χ4v) is 2.88. The van der Waals surface area contributed by atoms with Gasteiger partial charge >= 0.3 is 0 Å². The monoisotopic (exact) mass is 300 g/mol. The van der Waals surface area contributed by atoms with Gasteiger partial charge in [-0.15, -0.1) is 0 Å². The fourth-order valence-electron chi connectivity index (χ4n) is 2.88. The number of benzene rings is 1.